The van der Waals surface area contributed by atoms with Crippen molar-refractivity contribution in [3.8, 4) is 0 Å². The molecule has 0 bridgehead atoms. The molecule has 1 aromatic rings. The summed E-state index contributed by atoms with van der Waals surface area (Å²) in [5.74, 6) is -4.08. The lowest BCUT2D eigenvalue weighted by atomic mass is 9.89. The van der Waals surface area contributed by atoms with Crippen LogP contribution >= 0.6 is 0 Å². The first-order valence-corrected chi connectivity index (χ1v) is 27.9. The number of carbonyl (C=O) groups excluding carboxylic acids is 8. The molecule has 7 amide bonds. The fourth-order valence-electron chi connectivity index (χ4n) is 9.61. The van der Waals surface area contributed by atoms with Gasteiger partial charge in [0.2, 0.25) is 35.4 Å². The molecule has 0 aromatic heterocycles. The Morgan fingerprint density at radius 1 is 0.785 bits per heavy atom. The zero-order chi connectivity index (χ0) is 59.4. The van der Waals surface area contributed by atoms with Gasteiger partial charge in [0.15, 0.2) is 6.29 Å². The molecule has 0 radical (unpaired) electrons. The smallest absolute Gasteiger partial charge is 0.407 e. The highest BCUT2D eigenvalue weighted by atomic mass is 16.7. The van der Waals surface area contributed by atoms with Crippen LogP contribution in [0, 0.1) is 23.7 Å². The SMILES string of the molecule is CCC(CO)OC(COC(=O)NCCC(=O)N[C@@H](C)C(=O)OCCCNC(=O)[C@H](Cc1ccccc1)NC(=O)[C@H](C)[C@@H](OC)[C@@H]1CCCN1C(=O)C[C@@H](OC)[C@H](C(C)CC)N(C)C(=O)[C@@H](NC(=O)[C@@H](NC)C(C)C)C(C)C)OC. The van der Waals surface area contributed by atoms with E-state index in [2.05, 4.69) is 31.9 Å². The van der Waals surface area contributed by atoms with Crippen LogP contribution in [-0.2, 0) is 68.4 Å². The molecule has 0 spiro atoms. The summed E-state index contributed by atoms with van der Waals surface area (Å²) in [7, 11) is 7.79. The zero-order valence-corrected chi connectivity index (χ0v) is 49.4. The first-order valence-electron chi connectivity index (χ1n) is 27.9. The number of likely N-dealkylation sites (tertiary alicyclic amines) is 1. The maximum atomic E-state index is 14.5. The highest BCUT2D eigenvalue weighted by molar-refractivity contribution is 5.91. The Morgan fingerprint density at radius 3 is 2.03 bits per heavy atom. The molecule has 1 aromatic carbocycles. The van der Waals surface area contributed by atoms with Gasteiger partial charge in [0.1, 0.15) is 24.7 Å². The topological polar surface area (TPSA) is 291 Å². The summed E-state index contributed by atoms with van der Waals surface area (Å²) in [4.78, 5) is 111. The molecule has 1 heterocycles. The number of likely N-dealkylation sites (N-methyl/N-ethyl adjacent to an activating group) is 2. The summed E-state index contributed by atoms with van der Waals surface area (Å²) in [6.07, 6.45) is -1.03. The average Bonchev–Trinajstić information content (AvgIpc) is 3.92. The molecular formula is C56H96N8O15. The number of alkyl carbamates (subject to hydrolysis) is 1. The first-order chi connectivity index (χ1) is 37.5. The van der Waals surface area contributed by atoms with Crippen molar-refractivity contribution in [2.75, 3.05) is 74.9 Å². The minimum absolute atomic E-state index is 0.0100. The van der Waals surface area contributed by atoms with Gasteiger partial charge in [-0.2, -0.15) is 0 Å². The van der Waals surface area contributed by atoms with Crippen LogP contribution in [0.2, 0.25) is 0 Å². The quantitative estimate of drug-likeness (QED) is 0.0286. The largest absolute Gasteiger partial charge is 0.464 e. The Morgan fingerprint density at radius 2 is 1.46 bits per heavy atom. The fraction of sp³-hybridized carbons (Fsp3) is 0.750. The number of carbonyl (C=O) groups is 8. The van der Waals surface area contributed by atoms with Crippen LogP contribution in [0.25, 0.3) is 0 Å². The van der Waals surface area contributed by atoms with E-state index in [4.69, 9.17) is 28.4 Å². The van der Waals surface area contributed by atoms with Gasteiger partial charge in [-0.05, 0) is 63.0 Å². The van der Waals surface area contributed by atoms with E-state index >= 15 is 0 Å². The van der Waals surface area contributed by atoms with Crippen molar-refractivity contribution >= 4 is 47.5 Å². The first kappa shape index (κ1) is 69.6. The van der Waals surface area contributed by atoms with Crippen molar-refractivity contribution in [3.63, 3.8) is 0 Å². The van der Waals surface area contributed by atoms with Gasteiger partial charge in [0, 0.05) is 60.9 Å². The lowest BCUT2D eigenvalue weighted by Crippen LogP contribution is -2.59. The van der Waals surface area contributed by atoms with Gasteiger partial charge in [-0.1, -0.05) is 92.1 Å². The zero-order valence-electron chi connectivity index (χ0n) is 49.4. The van der Waals surface area contributed by atoms with E-state index in [9.17, 15) is 43.5 Å². The average molecular weight is 1120 g/mol. The second-order valence-electron chi connectivity index (χ2n) is 21.0. The van der Waals surface area contributed by atoms with Gasteiger partial charge in [-0.25, -0.2) is 9.59 Å². The number of esters is 1. The van der Waals surface area contributed by atoms with Gasteiger partial charge >= 0.3 is 12.1 Å². The summed E-state index contributed by atoms with van der Waals surface area (Å²) in [5, 5.41) is 26.0. The predicted molar refractivity (Wildman–Crippen MR) is 296 cm³/mol. The number of aliphatic hydroxyl groups is 1. The summed E-state index contributed by atoms with van der Waals surface area (Å²) in [5.41, 5.74) is 0.798. The minimum atomic E-state index is -1.01. The third-order valence-corrected chi connectivity index (χ3v) is 14.5. The van der Waals surface area contributed by atoms with Gasteiger partial charge in [-0.15, -0.1) is 0 Å². The van der Waals surface area contributed by atoms with Crippen LogP contribution < -0.4 is 31.9 Å². The molecular weight excluding hydrogens is 1020 g/mol. The Labute approximate surface area is 468 Å². The Bertz CT molecular complexity index is 2030. The van der Waals surface area contributed by atoms with E-state index in [0.29, 0.717) is 32.2 Å². The molecule has 0 saturated carbocycles. The maximum Gasteiger partial charge on any atom is 0.407 e. The number of hydrogen-bond donors (Lipinski definition) is 7. The number of nitrogens with one attached hydrogen (secondary N) is 6. The molecule has 2 rings (SSSR count). The second-order valence-corrected chi connectivity index (χ2v) is 21.0. The van der Waals surface area contributed by atoms with Gasteiger partial charge in [0.25, 0.3) is 0 Å². The second kappa shape index (κ2) is 36.7. The fourth-order valence-corrected chi connectivity index (χ4v) is 9.61. The molecule has 79 heavy (non-hydrogen) atoms. The van der Waals surface area contributed by atoms with Crippen molar-refractivity contribution in [2.45, 2.75) is 175 Å². The summed E-state index contributed by atoms with van der Waals surface area (Å²) >= 11 is 0. The van der Waals surface area contributed by atoms with Gasteiger partial charge in [-0.3, -0.25) is 28.8 Å². The van der Waals surface area contributed by atoms with Crippen molar-refractivity contribution in [1.29, 1.82) is 0 Å². The summed E-state index contributed by atoms with van der Waals surface area (Å²) in [6, 6.07) is 4.86. The minimum Gasteiger partial charge on any atom is -0.464 e. The summed E-state index contributed by atoms with van der Waals surface area (Å²) in [6.45, 7) is 16.5. The highest BCUT2D eigenvalue weighted by Gasteiger charge is 2.43. The third kappa shape index (κ3) is 22.9. The number of amides is 7. The van der Waals surface area contributed by atoms with Gasteiger partial charge in [0.05, 0.1) is 62.0 Å². The van der Waals surface area contributed by atoms with E-state index < -0.39 is 96.6 Å². The number of benzene rings is 1. The molecule has 1 aliphatic rings. The number of ether oxygens (including phenoxy) is 6. The van der Waals surface area contributed by atoms with Gasteiger partial charge < -0.3 is 75.2 Å². The van der Waals surface area contributed by atoms with Crippen LogP contribution in [0.15, 0.2) is 30.3 Å². The van der Waals surface area contributed by atoms with E-state index in [1.54, 1.807) is 30.8 Å². The number of nitrogens with zero attached hydrogens (tertiary/aromatic N) is 2. The van der Waals surface area contributed by atoms with Crippen LogP contribution in [0.4, 0.5) is 4.79 Å². The Hall–Kier alpha value is -5.46. The molecule has 3 unspecified atom stereocenters. The van der Waals surface area contributed by atoms with E-state index in [-0.39, 0.29) is 94.1 Å². The van der Waals surface area contributed by atoms with Crippen LogP contribution in [0.1, 0.15) is 113 Å². The third-order valence-electron chi connectivity index (χ3n) is 14.5. The van der Waals surface area contributed by atoms with Crippen molar-refractivity contribution in [3.05, 3.63) is 35.9 Å². The van der Waals surface area contributed by atoms with E-state index in [1.807, 2.05) is 78.8 Å². The highest BCUT2D eigenvalue weighted by Crippen LogP contribution is 2.30. The van der Waals surface area contributed by atoms with E-state index in [1.165, 1.54) is 28.3 Å². The van der Waals surface area contributed by atoms with Crippen molar-refractivity contribution < 1.29 is 71.9 Å². The lowest BCUT2D eigenvalue weighted by Gasteiger charge is -2.41. The monoisotopic (exact) mass is 1120 g/mol. The molecule has 1 saturated heterocycles. The lowest BCUT2D eigenvalue weighted by molar-refractivity contribution is -0.181. The van der Waals surface area contributed by atoms with Crippen LogP contribution in [0.5, 0.6) is 0 Å². The number of aliphatic hydroxyl groups excluding tert-OH is 1. The molecule has 1 aliphatic heterocycles. The molecule has 12 atom stereocenters. The number of rotatable bonds is 37. The molecule has 0 aliphatic carbocycles. The predicted octanol–water partition coefficient (Wildman–Crippen LogP) is 2.45. The molecule has 7 N–H and O–H groups in total. The Balaban J connectivity index is 2.06. The normalized spacial score (nSPS) is 17.6. The molecule has 1 fully saturated rings. The standard InChI is InChI=1S/C56H96N8O15/c1-15-36(7)49(63(11)54(71)48(35(5)6)62-53(70)47(57-10)34(3)4)43(74-12)31-45(67)64-28-20-24-42(64)50(76-14)37(8)51(68)61-41(30-39-22-18-17-19-23-39)52(69)58-26-21-29-77-55(72)38(9)60-44(66)25-27-59-56(73)78-33-46(75-13)79-40(16-2)32-65/h17-19,22-23,34-38,40-43,46-50,57,65H,15-16,20-21,24-33H2,1-14H3,(H,58,69)(H,59,73)(H,60,66)(H,61,68)(H,62,70)/t36?,37-,38+,40?,41+,42+,43-,46?,47+,48+,49+,50-/m1/s1. The Kier molecular flexibility index (Phi) is 32.4. The number of hydrogen-bond acceptors (Lipinski definition) is 16. The number of methoxy groups -OCH3 is 3. The van der Waals surface area contributed by atoms with Crippen LogP contribution in [0.3, 0.4) is 0 Å². The van der Waals surface area contributed by atoms with Crippen molar-refractivity contribution in [1.82, 2.24) is 41.7 Å². The molecule has 23 heteroatoms. The summed E-state index contributed by atoms with van der Waals surface area (Å²) < 4.78 is 33.1. The van der Waals surface area contributed by atoms with Crippen LogP contribution in [-0.4, -0.2) is 198 Å². The van der Waals surface area contributed by atoms with Crippen molar-refractivity contribution in [2.24, 2.45) is 23.7 Å². The van der Waals surface area contributed by atoms with E-state index in [0.717, 1.165) is 5.56 Å². The molecule has 450 valence electrons. The molecule has 23 nitrogen and oxygen atoms in total. The maximum absolute atomic E-state index is 14.5.